The summed E-state index contributed by atoms with van der Waals surface area (Å²) in [7, 11) is 0. The van der Waals surface area contributed by atoms with E-state index in [2.05, 4.69) is 51.0 Å². The predicted molar refractivity (Wildman–Crippen MR) is 90.3 cm³/mol. The highest BCUT2D eigenvalue weighted by Crippen LogP contribution is 2.30. The van der Waals surface area contributed by atoms with E-state index in [0.29, 0.717) is 16.3 Å². The van der Waals surface area contributed by atoms with Crippen molar-refractivity contribution in [3.8, 4) is 11.5 Å². The van der Waals surface area contributed by atoms with Gasteiger partial charge >= 0.3 is 0 Å². The van der Waals surface area contributed by atoms with Crippen molar-refractivity contribution in [1.29, 1.82) is 0 Å². The van der Waals surface area contributed by atoms with Gasteiger partial charge in [0, 0.05) is 21.5 Å². The molecule has 0 spiro atoms. The fourth-order valence-electron chi connectivity index (χ4n) is 1.73. The van der Waals surface area contributed by atoms with Crippen LogP contribution in [-0.4, -0.2) is 6.04 Å². The van der Waals surface area contributed by atoms with Gasteiger partial charge in [-0.05, 0) is 35.9 Å². The molecule has 112 valence electrons. The summed E-state index contributed by atoms with van der Waals surface area (Å²) in [6.07, 6.45) is 0. The van der Waals surface area contributed by atoms with E-state index in [-0.39, 0.29) is 5.75 Å². The van der Waals surface area contributed by atoms with E-state index in [9.17, 15) is 4.39 Å². The third-order valence-corrected chi connectivity index (χ3v) is 4.08. The molecule has 0 amide bonds. The second-order valence-electron chi connectivity index (χ2n) is 4.97. The molecule has 0 aromatic heterocycles. The first kappa shape index (κ1) is 16.5. The van der Waals surface area contributed by atoms with Crippen molar-refractivity contribution in [2.75, 3.05) is 0 Å². The van der Waals surface area contributed by atoms with Gasteiger partial charge in [0.25, 0.3) is 0 Å². The molecule has 5 heteroatoms. The molecular weight excluding hydrogens is 401 g/mol. The number of benzene rings is 2. The molecule has 21 heavy (non-hydrogen) atoms. The Morgan fingerprint density at radius 1 is 1.14 bits per heavy atom. The van der Waals surface area contributed by atoms with Crippen LogP contribution in [0.1, 0.15) is 19.4 Å². The Morgan fingerprint density at radius 2 is 1.90 bits per heavy atom. The molecule has 0 atom stereocenters. The Labute approximate surface area is 141 Å². The highest BCUT2D eigenvalue weighted by Gasteiger charge is 2.08. The van der Waals surface area contributed by atoms with Crippen LogP contribution in [0.5, 0.6) is 11.5 Å². The minimum Gasteiger partial charge on any atom is -0.454 e. The lowest BCUT2D eigenvalue weighted by Crippen LogP contribution is -2.21. The van der Waals surface area contributed by atoms with Crippen molar-refractivity contribution in [3.63, 3.8) is 0 Å². The average Bonchev–Trinajstić information content (AvgIpc) is 2.41. The highest BCUT2D eigenvalue weighted by atomic mass is 79.9. The van der Waals surface area contributed by atoms with Gasteiger partial charge in [0.15, 0.2) is 11.6 Å². The van der Waals surface area contributed by atoms with Crippen molar-refractivity contribution >= 4 is 31.9 Å². The second-order valence-corrected chi connectivity index (χ2v) is 6.74. The molecule has 2 aromatic carbocycles. The van der Waals surface area contributed by atoms with Crippen LogP contribution in [0.2, 0.25) is 0 Å². The lowest BCUT2D eigenvalue weighted by Gasteiger charge is -2.12. The smallest absolute Gasteiger partial charge is 0.166 e. The largest absolute Gasteiger partial charge is 0.454 e. The Hall–Kier alpha value is -0.910. The molecule has 2 aromatic rings. The average molecular weight is 417 g/mol. The second kappa shape index (κ2) is 7.38. The zero-order chi connectivity index (χ0) is 15.4. The zero-order valence-corrected chi connectivity index (χ0v) is 15.0. The number of hydrogen-bond donors (Lipinski definition) is 1. The van der Waals surface area contributed by atoms with Crippen molar-refractivity contribution in [2.24, 2.45) is 0 Å². The molecule has 0 unspecified atom stereocenters. The summed E-state index contributed by atoms with van der Waals surface area (Å²) in [4.78, 5) is 0. The molecule has 0 radical (unpaired) electrons. The summed E-state index contributed by atoms with van der Waals surface area (Å²) in [5.41, 5.74) is 1.13. The SMILES string of the molecule is CC(C)NCc1ccc(Oc2ccc(Br)cc2F)cc1Br. The van der Waals surface area contributed by atoms with Crippen molar-refractivity contribution < 1.29 is 9.13 Å². The van der Waals surface area contributed by atoms with E-state index < -0.39 is 5.82 Å². The van der Waals surface area contributed by atoms with E-state index >= 15 is 0 Å². The summed E-state index contributed by atoms with van der Waals surface area (Å²) in [6, 6.07) is 10.8. The molecule has 2 rings (SSSR count). The fourth-order valence-corrected chi connectivity index (χ4v) is 2.57. The fraction of sp³-hybridized carbons (Fsp3) is 0.250. The van der Waals surface area contributed by atoms with Crippen LogP contribution < -0.4 is 10.1 Å². The highest BCUT2D eigenvalue weighted by molar-refractivity contribution is 9.10. The lowest BCUT2D eigenvalue weighted by molar-refractivity contribution is 0.441. The Kier molecular flexibility index (Phi) is 5.79. The molecule has 0 aliphatic heterocycles. The van der Waals surface area contributed by atoms with Gasteiger partial charge in [-0.25, -0.2) is 4.39 Å². The van der Waals surface area contributed by atoms with E-state index in [1.165, 1.54) is 6.07 Å². The molecule has 0 fully saturated rings. The molecule has 0 saturated heterocycles. The monoisotopic (exact) mass is 415 g/mol. The molecule has 0 aliphatic rings. The minimum atomic E-state index is -0.397. The van der Waals surface area contributed by atoms with Crippen LogP contribution >= 0.6 is 31.9 Å². The van der Waals surface area contributed by atoms with E-state index in [0.717, 1.165) is 16.6 Å². The Bertz CT molecular complexity index is 632. The molecular formula is C16H16Br2FNO. The van der Waals surface area contributed by atoms with E-state index in [4.69, 9.17) is 4.74 Å². The standard InChI is InChI=1S/C16H16Br2FNO/c1-10(2)20-9-11-3-5-13(8-14(11)18)21-16-6-4-12(17)7-15(16)19/h3-8,10,20H,9H2,1-2H3. The van der Waals surface area contributed by atoms with Crippen molar-refractivity contribution in [1.82, 2.24) is 5.32 Å². The maximum absolute atomic E-state index is 13.7. The summed E-state index contributed by atoms with van der Waals surface area (Å²) in [5, 5.41) is 3.35. The van der Waals surface area contributed by atoms with E-state index in [1.807, 2.05) is 18.2 Å². The van der Waals surface area contributed by atoms with Crippen LogP contribution in [0.25, 0.3) is 0 Å². The van der Waals surface area contributed by atoms with Crippen LogP contribution in [0.15, 0.2) is 45.3 Å². The van der Waals surface area contributed by atoms with Crippen LogP contribution in [-0.2, 0) is 6.54 Å². The maximum Gasteiger partial charge on any atom is 0.166 e. The first-order valence-electron chi connectivity index (χ1n) is 6.60. The number of halogens is 3. The van der Waals surface area contributed by atoms with Gasteiger partial charge in [0.05, 0.1) is 0 Å². The molecule has 0 aliphatic carbocycles. The van der Waals surface area contributed by atoms with Crippen LogP contribution in [0, 0.1) is 5.82 Å². The van der Waals surface area contributed by atoms with Crippen LogP contribution in [0.3, 0.4) is 0 Å². The van der Waals surface area contributed by atoms with Crippen molar-refractivity contribution in [3.05, 3.63) is 56.7 Å². The number of ether oxygens (including phenoxy) is 1. The lowest BCUT2D eigenvalue weighted by atomic mass is 10.2. The minimum absolute atomic E-state index is 0.207. The van der Waals surface area contributed by atoms with Gasteiger partial charge in [-0.2, -0.15) is 0 Å². The third-order valence-electron chi connectivity index (χ3n) is 2.85. The van der Waals surface area contributed by atoms with Gasteiger partial charge < -0.3 is 10.1 Å². The van der Waals surface area contributed by atoms with Crippen molar-refractivity contribution in [2.45, 2.75) is 26.4 Å². The molecule has 2 nitrogen and oxygen atoms in total. The first-order valence-corrected chi connectivity index (χ1v) is 8.19. The first-order chi connectivity index (χ1) is 9.95. The van der Waals surface area contributed by atoms with Gasteiger partial charge in [-0.15, -0.1) is 0 Å². The molecule has 0 saturated carbocycles. The van der Waals surface area contributed by atoms with Gasteiger partial charge in [-0.3, -0.25) is 0 Å². The number of hydrogen-bond acceptors (Lipinski definition) is 2. The summed E-state index contributed by atoms with van der Waals surface area (Å²) >= 11 is 6.74. The quantitative estimate of drug-likeness (QED) is 0.680. The maximum atomic E-state index is 13.7. The Morgan fingerprint density at radius 3 is 2.52 bits per heavy atom. The van der Waals surface area contributed by atoms with Gasteiger partial charge in [-0.1, -0.05) is 51.8 Å². The number of rotatable bonds is 5. The molecule has 1 N–H and O–H groups in total. The predicted octanol–water partition coefficient (Wildman–Crippen LogP) is 5.64. The topological polar surface area (TPSA) is 21.3 Å². The van der Waals surface area contributed by atoms with E-state index in [1.54, 1.807) is 12.1 Å². The summed E-state index contributed by atoms with van der Waals surface area (Å²) < 4.78 is 20.9. The number of nitrogens with one attached hydrogen (secondary N) is 1. The summed E-state index contributed by atoms with van der Waals surface area (Å²) in [6.45, 7) is 4.97. The van der Waals surface area contributed by atoms with Gasteiger partial charge in [0.2, 0.25) is 0 Å². The van der Waals surface area contributed by atoms with Crippen LogP contribution in [0.4, 0.5) is 4.39 Å². The Balaban J connectivity index is 2.12. The van der Waals surface area contributed by atoms with Gasteiger partial charge in [0.1, 0.15) is 5.75 Å². The zero-order valence-electron chi connectivity index (χ0n) is 11.8. The molecule has 0 heterocycles. The molecule has 0 bridgehead atoms. The third kappa shape index (κ3) is 4.80. The normalized spacial score (nSPS) is 11.0. The summed E-state index contributed by atoms with van der Waals surface area (Å²) in [5.74, 6) is 0.403.